The summed E-state index contributed by atoms with van der Waals surface area (Å²) in [5, 5.41) is 4.86. The molecule has 6 nitrogen and oxygen atoms in total. The van der Waals surface area contributed by atoms with Gasteiger partial charge in [0.1, 0.15) is 5.75 Å². The smallest absolute Gasteiger partial charge is 0.289 e. The monoisotopic (exact) mass is 424 g/mol. The van der Waals surface area contributed by atoms with Crippen LogP contribution in [0.3, 0.4) is 0 Å². The third kappa shape index (κ3) is 4.66. The molecule has 0 bridgehead atoms. The van der Waals surface area contributed by atoms with Crippen LogP contribution in [0.4, 0.5) is 0 Å². The van der Waals surface area contributed by atoms with Crippen molar-refractivity contribution < 1.29 is 18.8 Å². The maximum Gasteiger partial charge on any atom is 0.289 e. The lowest BCUT2D eigenvalue weighted by atomic mass is 10.0. The summed E-state index contributed by atoms with van der Waals surface area (Å²) >= 11 is 6.11. The molecule has 1 amide bonds. The zero-order valence-electron chi connectivity index (χ0n) is 16.5. The van der Waals surface area contributed by atoms with Gasteiger partial charge in [0.25, 0.3) is 5.91 Å². The summed E-state index contributed by atoms with van der Waals surface area (Å²) in [5.74, 6) is 0.861. The summed E-state index contributed by atoms with van der Waals surface area (Å²) in [5.41, 5.74) is 2.74. The van der Waals surface area contributed by atoms with Crippen molar-refractivity contribution in [2.24, 2.45) is 5.16 Å². The Balaban J connectivity index is 1.47. The number of oxime groups is 1. The molecule has 0 spiro atoms. The largest absolute Gasteiger partial charge is 0.497 e. The van der Waals surface area contributed by atoms with Crippen molar-refractivity contribution in [3.8, 4) is 5.75 Å². The van der Waals surface area contributed by atoms with Gasteiger partial charge in [-0.3, -0.25) is 4.79 Å². The summed E-state index contributed by atoms with van der Waals surface area (Å²) in [4.78, 5) is 20.3. The molecule has 0 aliphatic carbocycles. The molecule has 30 heavy (non-hydrogen) atoms. The third-order valence-electron chi connectivity index (χ3n) is 4.86. The van der Waals surface area contributed by atoms with Crippen LogP contribution in [0.5, 0.6) is 5.75 Å². The van der Waals surface area contributed by atoms with Gasteiger partial charge in [0.15, 0.2) is 11.9 Å². The Morgan fingerprint density at radius 3 is 2.73 bits per heavy atom. The number of rotatable bonds is 7. The molecule has 0 radical (unpaired) electrons. The first-order valence-corrected chi connectivity index (χ1v) is 9.94. The van der Waals surface area contributed by atoms with Gasteiger partial charge in [-0.2, -0.15) is 0 Å². The number of hydrogen-bond donors (Lipinski definition) is 0. The zero-order valence-corrected chi connectivity index (χ0v) is 17.2. The molecule has 0 N–H and O–H groups in total. The molecule has 1 atom stereocenters. The number of methoxy groups -OCH3 is 1. The molecular formula is C23H21ClN2O4. The molecule has 0 fully saturated rings. The first-order chi connectivity index (χ1) is 14.6. The second kappa shape index (κ2) is 9.05. The van der Waals surface area contributed by atoms with Gasteiger partial charge in [0, 0.05) is 18.0 Å². The first-order valence-electron chi connectivity index (χ1n) is 9.56. The predicted molar refractivity (Wildman–Crippen MR) is 114 cm³/mol. The maximum absolute atomic E-state index is 13.0. The number of carbonyl (C=O) groups excluding carboxylic acids is 1. The Hall–Kier alpha value is -3.25. The number of benzene rings is 2. The molecule has 2 heterocycles. The molecule has 2 aromatic carbocycles. The summed E-state index contributed by atoms with van der Waals surface area (Å²) in [6.07, 6.45) is 1.84. The van der Waals surface area contributed by atoms with E-state index in [0.717, 1.165) is 22.6 Å². The van der Waals surface area contributed by atoms with Crippen molar-refractivity contribution in [1.29, 1.82) is 0 Å². The molecule has 1 aliphatic heterocycles. The molecule has 3 aromatic rings. The normalized spacial score (nSPS) is 15.4. The van der Waals surface area contributed by atoms with Crippen molar-refractivity contribution in [3.63, 3.8) is 0 Å². The minimum atomic E-state index is -0.250. The average molecular weight is 425 g/mol. The fourth-order valence-corrected chi connectivity index (χ4v) is 3.57. The number of nitrogens with zero attached hydrogens (tertiary/aromatic N) is 2. The highest BCUT2D eigenvalue weighted by Gasteiger charge is 2.28. The number of hydrogen-bond acceptors (Lipinski definition) is 5. The van der Waals surface area contributed by atoms with Gasteiger partial charge >= 0.3 is 0 Å². The molecule has 0 saturated carbocycles. The number of halogens is 1. The van der Waals surface area contributed by atoms with Crippen molar-refractivity contribution in [1.82, 2.24) is 4.90 Å². The second-order valence-electron chi connectivity index (χ2n) is 6.99. The van der Waals surface area contributed by atoms with Gasteiger partial charge in [0.2, 0.25) is 0 Å². The molecule has 1 unspecified atom stereocenters. The van der Waals surface area contributed by atoms with Crippen LogP contribution in [-0.4, -0.2) is 36.3 Å². The first kappa shape index (κ1) is 20.0. The molecule has 4 rings (SSSR count). The van der Waals surface area contributed by atoms with Crippen LogP contribution in [0.15, 0.2) is 76.5 Å². The lowest BCUT2D eigenvalue weighted by Crippen LogP contribution is -2.37. The lowest BCUT2D eigenvalue weighted by Gasteiger charge is -2.24. The topological polar surface area (TPSA) is 64.3 Å². The Morgan fingerprint density at radius 2 is 2.03 bits per heavy atom. The Bertz CT molecular complexity index is 1030. The molecule has 154 valence electrons. The van der Waals surface area contributed by atoms with E-state index < -0.39 is 0 Å². The van der Waals surface area contributed by atoms with Crippen molar-refractivity contribution in [3.05, 3.63) is 88.8 Å². The zero-order chi connectivity index (χ0) is 20.9. The van der Waals surface area contributed by atoms with E-state index in [1.54, 1.807) is 30.2 Å². The van der Waals surface area contributed by atoms with Gasteiger partial charge in [0.05, 0.1) is 25.6 Å². The van der Waals surface area contributed by atoms with E-state index in [1.165, 1.54) is 6.26 Å². The van der Waals surface area contributed by atoms with E-state index in [-0.39, 0.29) is 17.8 Å². The number of furan rings is 1. The predicted octanol–water partition coefficient (Wildman–Crippen LogP) is 4.78. The van der Waals surface area contributed by atoms with E-state index in [1.807, 2.05) is 42.5 Å². The molecule has 0 saturated heterocycles. The van der Waals surface area contributed by atoms with E-state index in [9.17, 15) is 4.79 Å². The molecule has 1 aliphatic rings. The van der Waals surface area contributed by atoms with Crippen LogP contribution in [0.2, 0.25) is 5.02 Å². The van der Waals surface area contributed by atoms with E-state index in [4.69, 9.17) is 25.6 Å². The highest BCUT2D eigenvalue weighted by atomic mass is 35.5. The van der Waals surface area contributed by atoms with Gasteiger partial charge in [-0.15, -0.1) is 0 Å². The van der Waals surface area contributed by atoms with Crippen LogP contribution in [0, 0.1) is 0 Å². The van der Waals surface area contributed by atoms with E-state index >= 15 is 0 Å². The van der Waals surface area contributed by atoms with Crippen LogP contribution in [-0.2, 0) is 11.4 Å². The lowest BCUT2D eigenvalue weighted by molar-refractivity contribution is 0.0387. The number of amides is 1. The van der Waals surface area contributed by atoms with Gasteiger partial charge in [-0.25, -0.2) is 0 Å². The Labute approximate surface area is 179 Å². The van der Waals surface area contributed by atoms with Crippen molar-refractivity contribution >= 4 is 23.2 Å². The van der Waals surface area contributed by atoms with E-state index in [0.29, 0.717) is 24.5 Å². The SMILES string of the molecule is COc1ccc(C2=NOC(CN(Cc3cccc(Cl)c3)C(=O)c3ccco3)C2)cc1. The maximum atomic E-state index is 13.0. The molecule has 1 aromatic heterocycles. The summed E-state index contributed by atoms with van der Waals surface area (Å²) in [6.45, 7) is 0.757. The van der Waals surface area contributed by atoms with Crippen molar-refractivity contribution in [2.45, 2.75) is 19.1 Å². The fraction of sp³-hybridized carbons (Fsp3) is 0.217. The summed E-state index contributed by atoms with van der Waals surface area (Å²) in [7, 11) is 1.63. The summed E-state index contributed by atoms with van der Waals surface area (Å²) < 4.78 is 10.5. The van der Waals surface area contributed by atoms with Gasteiger partial charge in [-0.05, 0) is 59.7 Å². The molecule has 7 heteroatoms. The van der Waals surface area contributed by atoms with Gasteiger partial charge in [-0.1, -0.05) is 28.9 Å². The van der Waals surface area contributed by atoms with Crippen molar-refractivity contribution in [2.75, 3.05) is 13.7 Å². The van der Waals surface area contributed by atoms with Crippen LogP contribution in [0.25, 0.3) is 0 Å². The quantitative estimate of drug-likeness (QED) is 0.547. The van der Waals surface area contributed by atoms with Crippen LogP contribution < -0.4 is 4.74 Å². The highest BCUT2D eigenvalue weighted by Crippen LogP contribution is 2.22. The Kier molecular flexibility index (Phi) is 6.05. The Morgan fingerprint density at radius 1 is 1.20 bits per heavy atom. The average Bonchev–Trinajstić information content (AvgIpc) is 3.45. The summed E-state index contributed by atoms with van der Waals surface area (Å²) in [6, 6.07) is 18.5. The number of ether oxygens (including phenoxy) is 1. The minimum absolute atomic E-state index is 0.207. The fourth-order valence-electron chi connectivity index (χ4n) is 3.36. The highest BCUT2D eigenvalue weighted by molar-refractivity contribution is 6.30. The third-order valence-corrected chi connectivity index (χ3v) is 5.10. The van der Waals surface area contributed by atoms with Crippen LogP contribution >= 0.6 is 11.6 Å². The molecular weight excluding hydrogens is 404 g/mol. The standard InChI is InChI=1S/C23H21ClN2O4/c1-28-19-9-7-17(8-10-19)21-13-20(30-25-21)15-26(23(27)22-6-3-11-29-22)14-16-4-2-5-18(24)12-16/h2-12,20H,13-15H2,1H3. The van der Waals surface area contributed by atoms with Gasteiger partial charge < -0.3 is 18.9 Å². The number of carbonyl (C=O) groups is 1. The van der Waals surface area contributed by atoms with E-state index in [2.05, 4.69) is 5.16 Å². The van der Waals surface area contributed by atoms with Crippen LogP contribution in [0.1, 0.15) is 28.1 Å². The second-order valence-corrected chi connectivity index (χ2v) is 7.43. The minimum Gasteiger partial charge on any atom is -0.497 e.